The summed E-state index contributed by atoms with van der Waals surface area (Å²) < 4.78 is 5.55. The van der Waals surface area contributed by atoms with E-state index in [4.69, 9.17) is 10.6 Å². The van der Waals surface area contributed by atoms with Gasteiger partial charge in [-0.2, -0.15) is 0 Å². The van der Waals surface area contributed by atoms with Gasteiger partial charge in [-0.05, 0) is 20.3 Å². The van der Waals surface area contributed by atoms with Crippen molar-refractivity contribution in [3.63, 3.8) is 0 Å². The average molecular weight is 199 g/mol. The molecule has 2 bridgehead atoms. The fourth-order valence-electron chi connectivity index (χ4n) is 2.48. The fourth-order valence-corrected chi connectivity index (χ4v) is 2.48. The van der Waals surface area contributed by atoms with Gasteiger partial charge in [0, 0.05) is 31.7 Å². The highest BCUT2D eigenvalue weighted by Crippen LogP contribution is 2.30. The highest BCUT2D eigenvalue weighted by atomic mass is 16.5. The zero-order chi connectivity index (χ0) is 10.1. The molecule has 4 nitrogen and oxygen atoms in total. The summed E-state index contributed by atoms with van der Waals surface area (Å²) in [6.07, 6.45) is 1.68. The number of fused-ring (bicyclic) bond motifs is 2. The van der Waals surface area contributed by atoms with Crippen LogP contribution in [-0.2, 0) is 4.74 Å². The molecule has 0 spiro atoms. The van der Waals surface area contributed by atoms with Crippen LogP contribution < -0.4 is 5.84 Å². The van der Waals surface area contributed by atoms with Crippen LogP contribution in [0.1, 0.15) is 20.3 Å². The second-order valence-electron chi connectivity index (χ2n) is 4.65. The van der Waals surface area contributed by atoms with Crippen molar-refractivity contribution in [2.45, 2.75) is 38.5 Å². The minimum absolute atomic E-state index is 0.349. The molecule has 0 aliphatic carbocycles. The molecule has 3 aliphatic heterocycles. The summed E-state index contributed by atoms with van der Waals surface area (Å²) in [6, 6.07) is 1.38. The Labute approximate surface area is 86.0 Å². The molecular weight excluding hydrogens is 178 g/mol. The molecule has 3 aliphatic rings. The molecule has 2 atom stereocenters. The van der Waals surface area contributed by atoms with Crippen LogP contribution in [0, 0.1) is 0 Å². The Bertz CT molecular complexity index is 186. The summed E-state index contributed by atoms with van der Waals surface area (Å²) >= 11 is 0. The van der Waals surface area contributed by atoms with Crippen LogP contribution in [0.5, 0.6) is 0 Å². The first kappa shape index (κ1) is 10.4. The zero-order valence-corrected chi connectivity index (χ0v) is 9.15. The molecule has 0 saturated carbocycles. The number of rotatable bonds is 4. The second-order valence-corrected chi connectivity index (χ2v) is 4.65. The number of hydrogen-bond acceptors (Lipinski definition) is 4. The maximum atomic E-state index is 5.77. The molecule has 82 valence electrons. The Morgan fingerprint density at radius 3 is 2.57 bits per heavy atom. The van der Waals surface area contributed by atoms with Gasteiger partial charge in [0.05, 0.1) is 12.7 Å². The van der Waals surface area contributed by atoms with Gasteiger partial charge < -0.3 is 4.74 Å². The van der Waals surface area contributed by atoms with Crippen molar-refractivity contribution >= 4 is 0 Å². The Morgan fingerprint density at radius 1 is 1.36 bits per heavy atom. The fraction of sp³-hybridized carbons (Fsp3) is 1.00. The van der Waals surface area contributed by atoms with E-state index in [1.54, 1.807) is 0 Å². The Hall–Kier alpha value is -0.160. The van der Waals surface area contributed by atoms with E-state index in [2.05, 4.69) is 18.7 Å². The molecule has 4 heteroatoms. The van der Waals surface area contributed by atoms with Crippen molar-refractivity contribution in [2.24, 2.45) is 5.84 Å². The topological polar surface area (TPSA) is 41.7 Å². The molecule has 14 heavy (non-hydrogen) atoms. The average Bonchev–Trinajstić information content (AvgIpc) is 2.11. The van der Waals surface area contributed by atoms with E-state index in [-0.39, 0.29) is 0 Å². The number of nitrogens with zero attached hydrogens (tertiary/aromatic N) is 2. The van der Waals surface area contributed by atoms with Gasteiger partial charge in [-0.25, -0.2) is 5.01 Å². The lowest BCUT2D eigenvalue weighted by molar-refractivity contribution is -0.0842. The largest absolute Gasteiger partial charge is 0.377 e. The standard InChI is InChI=1S/C10H21N3O/c1-8(2)14-4-3-13-9-5-10(13)7-12(11)6-9/h8-10H,3-7,11H2,1-2H3. The predicted octanol–water partition coefficient (Wildman–Crippen LogP) is 0.0436. The third-order valence-corrected chi connectivity index (χ3v) is 3.17. The van der Waals surface area contributed by atoms with Crippen LogP contribution in [0.15, 0.2) is 0 Å². The number of hydrogen-bond donors (Lipinski definition) is 1. The Balaban J connectivity index is 1.68. The van der Waals surface area contributed by atoms with Gasteiger partial charge in [-0.3, -0.25) is 10.7 Å². The quantitative estimate of drug-likeness (QED) is 0.649. The molecule has 3 fully saturated rings. The summed E-state index contributed by atoms with van der Waals surface area (Å²) in [4.78, 5) is 2.53. The SMILES string of the molecule is CC(C)OCCN1C2CC1CN(N)C2. The third kappa shape index (κ3) is 2.08. The lowest BCUT2D eigenvalue weighted by atomic mass is 9.88. The monoisotopic (exact) mass is 199 g/mol. The minimum atomic E-state index is 0.349. The van der Waals surface area contributed by atoms with E-state index >= 15 is 0 Å². The molecule has 0 aromatic heterocycles. The van der Waals surface area contributed by atoms with Gasteiger partial charge in [-0.1, -0.05) is 0 Å². The molecule has 0 amide bonds. The van der Waals surface area contributed by atoms with Crippen molar-refractivity contribution in [1.82, 2.24) is 9.91 Å². The predicted molar refractivity (Wildman–Crippen MR) is 55.7 cm³/mol. The second kappa shape index (κ2) is 4.14. The molecule has 3 saturated heterocycles. The van der Waals surface area contributed by atoms with Gasteiger partial charge in [0.15, 0.2) is 0 Å². The van der Waals surface area contributed by atoms with Crippen molar-refractivity contribution < 1.29 is 4.74 Å². The molecule has 3 rings (SSSR count). The van der Waals surface area contributed by atoms with Crippen LogP contribution in [0.4, 0.5) is 0 Å². The molecule has 3 heterocycles. The number of hydrazine groups is 1. The number of piperidine rings is 1. The van der Waals surface area contributed by atoms with Crippen molar-refractivity contribution in [3.05, 3.63) is 0 Å². The normalized spacial score (nSPS) is 33.4. The van der Waals surface area contributed by atoms with Crippen molar-refractivity contribution in [1.29, 1.82) is 0 Å². The lowest BCUT2D eigenvalue weighted by Crippen LogP contribution is -2.70. The van der Waals surface area contributed by atoms with Crippen LogP contribution in [0.3, 0.4) is 0 Å². The van der Waals surface area contributed by atoms with E-state index in [0.29, 0.717) is 18.2 Å². The molecular formula is C10H21N3O. The summed E-state index contributed by atoms with van der Waals surface area (Å²) in [5.41, 5.74) is 0. The zero-order valence-electron chi connectivity index (χ0n) is 9.15. The highest BCUT2D eigenvalue weighted by Gasteiger charge is 2.43. The summed E-state index contributed by atoms with van der Waals surface area (Å²) in [6.45, 7) is 8.14. The maximum absolute atomic E-state index is 5.77. The van der Waals surface area contributed by atoms with Gasteiger partial charge >= 0.3 is 0 Å². The van der Waals surface area contributed by atoms with Crippen molar-refractivity contribution in [2.75, 3.05) is 26.2 Å². The van der Waals surface area contributed by atoms with Crippen LogP contribution in [0.2, 0.25) is 0 Å². The van der Waals surface area contributed by atoms with Crippen LogP contribution in [-0.4, -0.2) is 54.3 Å². The van der Waals surface area contributed by atoms with E-state index in [1.807, 2.05) is 5.01 Å². The molecule has 2 N–H and O–H groups in total. The van der Waals surface area contributed by atoms with Gasteiger partial charge in [0.1, 0.15) is 0 Å². The Kier molecular flexibility index (Phi) is 3.07. The summed E-state index contributed by atoms with van der Waals surface area (Å²) in [5.74, 6) is 5.77. The maximum Gasteiger partial charge on any atom is 0.0597 e. The number of nitrogens with two attached hydrogens (primary N) is 1. The molecule has 0 aromatic rings. The van der Waals surface area contributed by atoms with Crippen LogP contribution >= 0.6 is 0 Å². The number of ether oxygens (including phenoxy) is 1. The summed E-state index contributed by atoms with van der Waals surface area (Å²) in [5, 5.41) is 1.94. The molecule has 2 unspecified atom stereocenters. The van der Waals surface area contributed by atoms with Gasteiger partial charge in [-0.15, -0.1) is 0 Å². The van der Waals surface area contributed by atoms with Gasteiger partial charge in [0.25, 0.3) is 0 Å². The van der Waals surface area contributed by atoms with E-state index in [1.165, 1.54) is 6.42 Å². The smallest absolute Gasteiger partial charge is 0.0597 e. The van der Waals surface area contributed by atoms with E-state index < -0.39 is 0 Å². The van der Waals surface area contributed by atoms with Crippen molar-refractivity contribution in [3.8, 4) is 0 Å². The first-order valence-corrected chi connectivity index (χ1v) is 5.54. The minimum Gasteiger partial charge on any atom is -0.377 e. The highest BCUT2D eigenvalue weighted by molar-refractivity contribution is 4.99. The number of piperazine rings is 1. The van der Waals surface area contributed by atoms with E-state index in [0.717, 1.165) is 26.2 Å². The summed E-state index contributed by atoms with van der Waals surface area (Å²) in [7, 11) is 0. The Morgan fingerprint density at radius 2 is 2.00 bits per heavy atom. The first-order valence-electron chi connectivity index (χ1n) is 5.54. The third-order valence-electron chi connectivity index (χ3n) is 3.17. The van der Waals surface area contributed by atoms with Crippen LogP contribution in [0.25, 0.3) is 0 Å². The molecule has 0 radical (unpaired) electrons. The molecule has 0 aromatic carbocycles. The lowest BCUT2D eigenvalue weighted by Gasteiger charge is -2.55. The first-order chi connectivity index (χ1) is 6.66. The van der Waals surface area contributed by atoms with E-state index in [9.17, 15) is 0 Å². The van der Waals surface area contributed by atoms with Gasteiger partial charge in [0.2, 0.25) is 0 Å².